The van der Waals surface area contributed by atoms with Crippen LogP contribution < -0.4 is 5.32 Å². The van der Waals surface area contributed by atoms with Crippen LogP contribution in [0.3, 0.4) is 0 Å². The number of rotatable bonds is 5. The molecule has 2 amide bonds. The van der Waals surface area contributed by atoms with Crippen LogP contribution in [0.4, 0.5) is 0 Å². The summed E-state index contributed by atoms with van der Waals surface area (Å²) in [4.78, 5) is 28.9. The van der Waals surface area contributed by atoms with Gasteiger partial charge in [-0.3, -0.25) is 14.5 Å². The highest BCUT2D eigenvalue weighted by atomic mass is 16.2. The average molecular weight is 380 g/mol. The van der Waals surface area contributed by atoms with Gasteiger partial charge in [-0.2, -0.15) is 0 Å². The second-order valence-electron chi connectivity index (χ2n) is 7.57. The molecule has 3 rings (SSSR count). The van der Waals surface area contributed by atoms with Crippen LogP contribution in [0, 0.1) is 13.8 Å². The molecule has 0 saturated carbocycles. The van der Waals surface area contributed by atoms with E-state index >= 15 is 0 Å². The predicted octanol–water partition coefficient (Wildman–Crippen LogP) is 2.94. The van der Waals surface area contributed by atoms with Crippen molar-refractivity contribution in [2.45, 2.75) is 26.8 Å². The molecule has 28 heavy (non-hydrogen) atoms. The number of carbonyl (C=O) groups excluding carboxylic acids is 2. The lowest BCUT2D eigenvalue weighted by Gasteiger charge is -2.34. The smallest absolute Gasteiger partial charge is 0.253 e. The molecule has 1 heterocycles. The van der Waals surface area contributed by atoms with Crippen molar-refractivity contribution in [2.24, 2.45) is 0 Å². The van der Waals surface area contributed by atoms with Gasteiger partial charge in [0.2, 0.25) is 5.91 Å². The number of nitrogens with one attached hydrogen (secondary N) is 1. The Hall–Kier alpha value is -2.66. The van der Waals surface area contributed by atoms with Crippen molar-refractivity contribution >= 4 is 11.8 Å². The highest BCUT2D eigenvalue weighted by Gasteiger charge is 2.23. The summed E-state index contributed by atoms with van der Waals surface area (Å²) < 4.78 is 0. The fourth-order valence-corrected chi connectivity index (χ4v) is 3.48. The van der Waals surface area contributed by atoms with Crippen LogP contribution in [0.5, 0.6) is 0 Å². The number of carbonyl (C=O) groups is 2. The van der Waals surface area contributed by atoms with Crippen LogP contribution in [0.25, 0.3) is 0 Å². The molecule has 0 aromatic heterocycles. The molecule has 0 radical (unpaired) electrons. The van der Waals surface area contributed by atoms with Crippen LogP contribution in [-0.4, -0.2) is 54.3 Å². The zero-order valence-corrected chi connectivity index (χ0v) is 16.9. The Kier molecular flexibility index (Phi) is 6.47. The van der Waals surface area contributed by atoms with E-state index in [1.54, 1.807) is 0 Å². The van der Waals surface area contributed by atoms with E-state index in [1.807, 2.05) is 42.2 Å². The Labute approximate surface area is 167 Å². The highest BCUT2D eigenvalue weighted by Crippen LogP contribution is 2.17. The molecular weight excluding hydrogens is 350 g/mol. The van der Waals surface area contributed by atoms with Crippen molar-refractivity contribution in [3.05, 3.63) is 70.8 Å². The topological polar surface area (TPSA) is 52.7 Å². The number of benzene rings is 2. The zero-order chi connectivity index (χ0) is 20.1. The first-order valence-electron chi connectivity index (χ1n) is 9.87. The number of nitrogens with zero attached hydrogens (tertiary/aromatic N) is 2. The maximum Gasteiger partial charge on any atom is 0.253 e. The molecule has 1 aliphatic rings. The van der Waals surface area contributed by atoms with Crippen LogP contribution in [0.15, 0.2) is 48.5 Å². The van der Waals surface area contributed by atoms with Gasteiger partial charge in [0.05, 0.1) is 12.6 Å². The molecule has 1 saturated heterocycles. The lowest BCUT2D eigenvalue weighted by Crippen LogP contribution is -2.51. The lowest BCUT2D eigenvalue weighted by atomic mass is 10.0. The third-order valence-electron chi connectivity index (χ3n) is 5.46. The second kappa shape index (κ2) is 9.02. The first-order valence-corrected chi connectivity index (χ1v) is 9.87. The van der Waals surface area contributed by atoms with Gasteiger partial charge in [-0.25, -0.2) is 0 Å². The first kappa shape index (κ1) is 20.1. The van der Waals surface area contributed by atoms with Crippen LogP contribution in [0.1, 0.15) is 40.0 Å². The van der Waals surface area contributed by atoms with E-state index in [4.69, 9.17) is 0 Å². The third-order valence-corrected chi connectivity index (χ3v) is 5.46. The van der Waals surface area contributed by atoms with E-state index < -0.39 is 0 Å². The van der Waals surface area contributed by atoms with E-state index in [0.717, 1.165) is 11.1 Å². The summed E-state index contributed by atoms with van der Waals surface area (Å²) in [6, 6.07) is 15.6. The van der Waals surface area contributed by atoms with Crippen molar-refractivity contribution in [2.75, 3.05) is 32.7 Å². The minimum absolute atomic E-state index is 0.0206. The van der Waals surface area contributed by atoms with E-state index in [1.165, 1.54) is 11.1 Å². The maximum absolute atomic E-state index is 12.5. The summed E-state index contributed by atoms with van der Waals surface area (Å²) in [5.41, 5.74) is 4.33. The van der Waals surface area contributed by atoms with Gasteiger partial charge < -0.3 is 10.2 Å². The standard InChI is InChI=1S/C23H29N3O2/c1-17-9-10-21(15-18(17)2)19(3)24-22(27)16-25-11-13-26(14-12-25)23(28)20-7-5-4-6-8-20/h4-10,15,19H,11-14,16H2,1-3H3,(H,24,27). The molecular formula is C23H29N3O2. The van der Waals surface area contributed by atoms with Gasteiger partial charge in [0.25, 0.3) is 5.91 Å². The van der Waals surface area contributed by atoms with Gasteiger partial charge in [0, 0.05) is 31.7 Å². The normalized spacial score (nSPS) is 15.9. The monoisotopic (exact) mass is 379 g/mol. The van der Waals surface area contributed by atoms with Crippen LogP contribution in [0.2, 0.25) is 0 Å². The van der Waals surface area contributed by atoms with Gasteiger partial charge in [0.1, 0.15) is 0 Å². The molecule has 1 fully saturated rings. The van der Waals surface area contributed by atoms with Gasteiger partial charge in [-0.1, -0.05) is 36.4 Å². The Morgan fingerprint density at radius 3 is 2.29 bits per heavy atom. The fraction of sp³-hybridized carbons (Fsp3) is 0.391. The molecule has 1 unspecified atom stereocenters. The quantitative estimate of drug-likeness (QED) is 0.869. The second-order valence-corrected chi connectivity index (χ2v) is 7.57. The summed E-state index contributed by atoms with van der Waals surface area (Å²) in [5.74, 6) is 0.0848. The molecule has 1 aliphatic heterocycles. The molecule has 5 nitrogen and oxygen atoms in total. The molecule has 0 bridgehead atoms. The van der Waals surface area contributed by atoms with Crippen molar-refractivity contribution < 1.29 is 9.59 Å². The van der Waals surface area contributed by atoms with Crippen LogP contribution in [-0.2, 0) is 4.79 Å². The Morgan fingerprint density at radius 1 is 0.964 bits per heavy atom. The number of amides is 2. The number of hydrogen-bond donors (Lipinski definition) is 1. The van der Waals surface area contributed by atoms with Crippen LogP contribution >= 0.6 is 0 Å². The molecule has 2 aromatic rings. The summed E-state index contributed by atoms with van der Waals surface area (Å²) in [6.45, 7) is 9.27. The predicted molar refractivity (Wildman–Crippen MR) is 111 cm³/mol. The first-order chi connectivity index (χ1) is 13.4. The summed E-state index contributed by atoms with van der Waals surface area (Å²) in [7, 11) is 0. The summed E-state index contributed by atoms with van der Waals surface area (Å²) >= 11 is 0. The van der Waals surface area contributed by atoms with Crippen molar-refractivity contribution in [3.8, 4) is 0 Å². The Morgan fingerprint density at radius 2 is 1.64 bits per heavy atom. The lowest BCUT2D eigenvalue weighted by molar-refractivity contribution is -0.123. The minimum Gasteiger partial charge on any atom is -0.348 e. The van der Waals surface area contributed by atoms with Gasteiger partial charge in [-0.05, 0) is 49.6 Å². The van der Waals surface area contributed by atoms with Crippen molar-refractivity contribution in [3.63, 3.8) is 0 Å². The molecule has 148 valence electrons. The molecule has 0 aliphatic carbocycles. The maximum atomic E-state index is 12.5. The molecule has 5 heteroatoms. The van der Waals surface area contributed by atoms with E-state index in [2.05, 4.69) is 42.3 Å². The van der Waals surface area contributed by atoms with Gasteiger partial charge >= 0.3 is 0 Å². The molecule has 1 atom stereocenters. The summed E-state index contributed by atoms with van der Waals surface area (Å²) in [5, 5.41) is 3.09. The largest absolute Gasteiger partial charge is 0.348 e. The van der Waals surface area contributed by atoms with E-state index in [9.17, 15) is 9.59 Å². The SMILES string of the molecule is Cc1ccc(C(C)NC(=O)CN2CCN(C(=O)c3ccccc3)CC2)cc1C. The average Bonchev–Trinajstić information content (AvgIpc) is 2.70. The number of aryl methyl sites for hydroxylation is 2. The third kappa shape index (κ3) is 4.98. The van der Waals surface area contributed by atoms with Crippen molar-refractivity contribution in [1.29, 1.82) is 0 Å². The van der Waals surface area contributed by atoms with Gasteiger partial charge in [0.15, 0.2) is 0 Å². The van der Waals surface area contributed by atoms with Gasteiger partial charge in [-0.15, -0.1) is 0 Å². The zero-order valence-electron chi connectivity index (χ0n) is 16.9. The van der Waals surface area contributed by atoms with E-state index in [-0.39, 0.29) is 17.9 Å². The number of hydrogen-bond acceptors (Lipinski definition) is 3. The van der Waals surface area contributed by atoms with Crippen molar-refractivity contribution in [1.82, 2.24) is 15.1 Å². The Balaban J connectivity index is 1.47. The minimum atomic E-state index is -0.0206. The fourth-order valence-electron chi connectivity index (χ4n) is 3.48. The molecule has 2 aromatic carbocycles. The molecule has 1 N–H and O–H groups in total. The number of piperazine rings is 1. The molecule has 0 spiro atoms. The summed E-state index contributed by atoms with van der Waals surface area (Å²) in [6.07, 6.45) is 0. The van der Waals surface area contributed by atoms with E-state index in [0.29, 0.717) is 32.7 Å². The highest BCUT2D eigenvalue weighted by molar-refractivity contribution is 5.94. The Bertz CT molecular complexity index is 827.